The summed E-state index contributed by atoms with van der Waals surface area (Å²) in [5.41, 5.74) is 9.26. The summed E-state index contributed by atoms with van der Waals surface area (Å²) in [6.07, 6.45) is 2.03. The zero-order valence-electron chi connectivity index (χ0n) is 15.3. The number of H-pyrrole nitrogens is 1. The van der Waals surface area contributed by atoms with E-state index in [0.29, 0.717) is 35.9 Å². The molecule has 27 heavy (non-hydrogen) atoms. The van der Waals surface area contributed by atoms with Crippen molar-refractivity contribution >= 4 is 16.9 Å². The van der Waals surface area contributed by atoms with Crippen LogP contribution in [-0.2, 0) is 0 Å². The Kier molecular flexibility index (Phi) is 4.53. The number of piperidine rings is 1. The van der Waals surface area contributed by atoms with Gasteiger partial charge in [0.2, 0.25) is 0 Å². The number of pyridine rings is 1. The smallest absolute Gasteiger partial charge is 0.254 e. The number of phenolic OH excluding ortho intramolecular Hbond substituents is 1. The summed E-state index contributed by atoms with van der Waals surface area (Å²) in [6.45, 7) is 3.92. The third-order valence-electron chi connectivity index (χ3n) is 5.24. The molecule has 4 rings (SSSR count). The van der Waals surface area contributed by atoms with Crippen LogP contribution in [-0.4, -0.2) is 50.7 Å². The Morgan fingerprint density at radius 2 is 2.15 bits per heavy atom. The van der Waals surface area contributed by atoms with Crippen molar-refractivity contribution in [1.29, 1.82) is 0 Å². The average molecular weight is 365 g/mol. The molecule has 0 bridgehead atoms. The first kappa shape index (κ1) is 17.5. The maximum Gasteiger partial charge on any atom is 0.254 e. The number of nitrogens with two attached hydrogens (primary N) is 1. The number of benzene rings is 1. The van der Waals surface area contributed by atoms with Gasteiger partial charge in [0, 0.05) is 24.3 Å². The first-order valence-electron chi connectivity index (χ1n) is 9.21. The average Bonchev–Trinajstić information content (AvgIpc) is 3.08. The molecular weight excluding hydrogens is 342 g/mol. The Bertz CT molecular complexity index is 980. The first-order valence-corrected chi connectivity index (χ1v) is 9.21. The number of amides is 1. The van der Waals surface area contributed by atoms with E-state index >= 15 is 0 Å². The molecule has 0 spiro atoms. The number of aromatic amines is 1. The van der Waals surface area contributed by atoms with Crippen LogP contribution in [0.4, 0.5) is 0 Å². The molecule has 7 heteroatoms. The van der Waals surface area contributed by atoms with Crippen molar-refractivity contribution in [3.05, 3.63) is 41.6 Å². The molecule has 1 atom stereocenters. The van der Waals surface area contributed by atoms with Crippen LogP contribution in [0.15, 0.2) is 30.3 Å². The molecule has 0 aliphatic carbocycles. The molecule has 1 aromatic carbocycles. The van der Waals surface area contributed by atoms with Gasteiger partial charge in [-0.1, -0.05) is 0 Å². The van der Waals surface area contributed by atoms with Gasteiger partial charge in [0.1, 0.15) is 5.75 Å². The number of likely N-dealkylation sites (tertiary alicyclic amines) is 1. The molecule has 1 fully saturated rings. The number of rotatable bonds is 3. The maximum atomic E-state index is 13.3. The van der Waals surface area contributed by atoms with Crippen molar-refractivity contribution < 1.29 is 9.90 Å². The van der Waals surface area contributed by atoms with E-state index in [1.54, 1.807) is 24.3 Å². The van der Waals surface area contributed by atoms with E-state index in [1.165, 1.54) is 0 Å². The van der Waals surface area contributed by atoms with E-state index in [0.717, 1.165) is 36.0 Å². The minimum absolute atomic E-state index is 0.00919. The lowest BCUT2D eigenvalue weighted by atomic mass is 9.97. The predicted molar refractivity (Wildman–Crippen MR) is 103 cm³/mol. The van der Waals surface area contributed by atoms with Gasteiger partial charge in [-0.2, -0.15) is 5.10 Å². The van der Waals surface area contributed by atoms with E-state index in [9.17, 15) is 9.90 Å². The lowest BCUT2D eigenvalue weighted by Crippen LogP contribution is -2.42. The number of aryl methyl sites for hydroxylation is 1. The van der Waals surface area contributed by atoms with Crippen LogP contribution in [0, 0.1) is 12.8 Å². The van der Waals surface area contributed by atoms with Gasteiger partial charge in [0.05, 0.1) is 16.6 Å². The Morgan fingerprint density at radius 1 is 1.37 bits per heavy atom. The number of nitrogens with one attached hydrogen (secondary N) is 1. The molecule has 1 saturated heterocycles. The SMILES string of the molecule is Cc1[nH]nc2nc(-c3ccc(O)cc3)cc(C(=O)N3CCCC(CN)C3)c12. The van der Waals surface area contributed by atoms with E-state index in [-0.39, 0.29) is 11.7 Å². The number of nitrogens with zero attached hydrogens (tertiary/aromatic N) is 3. The molecule has 3 heterocycles. The molecule has 1 unspecified atom stereocenters. The molecule has 140 valence electrons. The maximum absolute atomic E-state index is 13.3. The standard InChI is InChI=1S/C20H23N5O2/c1-12-18-16(20(27)25-8-2-3-13(10-21)11-25)9-17(22-19(18)24-23-12)14-4-6-15(26)7-5-14/h4-7,9,13,26H,2-3,8,10-11,21H2,1H3,(H,22,23,24). The molecule has 7 nitrogen and oxygen atoms in total. The van der Waals surface area contributed by atoms with Crippen LogP contribution in [0.3, 0.4) is 0 Å². The van der Waals surface area contributed by atoms with Crippen LogP contribution in [0.1, 0.15) is 28.9 Å². The van der Waals surface area contributed by atoms with E-state index in [4.69, 9.17) is 5.73 Å². The molecule has 1 aliphatic heterocycles. The van der Waals surface area contributed by atoms with Crippen molar-refractivity contribution in [2.24, 2.45) is 11.7 Å². The van der Waals surface area contributed by atoms with Gasteiger partial charge < -0.3 is 15.7 Å². The zero-order valence-corrected chi connectivity index (χ0v) is 15.3. The summed E-state index contributed by atoms with van der Waals surface area (Å²) in [7, 11) is 0. The highest BCUT2D eigenvalue weighted by molar-refractivity contribution is 6.07. The van der Waals surface area contributed by atoms with E-state index in [2.05, 4.69) is 15.2 Å². The molecule has 0 saturated carbocycles. The number of phenols is 1. The van der Waals surface area contributed by atoms with Crippen LogP contribution in [0.2, 0.25) is 0 Å². The van der Waals surface area contributed by atoms with Crippen molar-refractivity contribution in [3.8, 4) is 17.0 Å². The highest BCUT2D eigenvalue weighted by atomic mass is 16.3. The quantitative estimate of drug-likeness (QED) is 0.661. The number of hydrogen-bond donors (Lipinski definition) is 3. The second-order valence-corrected chi connectivity index (χ2v) is 7.14. The van der Waals surface area contributed by atoms with Gasteiger partial charge in [-0.05, 0) is 62.6 Å². The predicted octanol–water partition coefficient (Wildman–Crippen LogP) is 2.45. The lowest BCUT2D eigenvalue weighted by molar-refractivity contribution is 0.0680. The fourth-order valence-corrected chi connectivity index (χ4v) is 3.74. The third-order valence-corrected chi connectivity index (χ3v) is 5.24. The van der Waals surface area contributed by atoms with Crippen molar-refractivity contribution in [2.75, 3.05) is 19.6 Å². The second kappa shape index (κ2) is 7.00. The van der Waals surface area contributed by atoms with Gasteiger partial charge in [0.25, 0.3) is 5.91 Å². The van der Waals surface area contributed by atoms with Crippen LogP contribution in [0.5, 0.6) is 5.75 Å². The van der Waals surface area contributed by atoms with Crippen LogP contribution >= 0.6 is 0 Å². The number of hydrogen-bond acceptors (Lipinski definition) is 5. The summed E-state index contributed by atoms with van der Waals surface area (Å²) in [5, 5.41) is 17.5. The number of carbonyl (C=O) groups excluding carboxylic acids is 1. The third kappa shape index (κ3) is 3.26. The Labute approximate surface area is 157 Å². The van der Waals surface area contributed by atoms with Gasteiger partial charge in [-0.3, -0.25) is 9.89 Å². The highest BCUT2D eigenvalue weighted by Gasteiger charge is 2.26. The Morgan fingerprint density at radius 3 is 2.89 bits per heavy atom. The summed E-state index contributed by atoms with van der Waals surface area (Å²) >= 11 is 0. The van der Waals surface area contributed by atoms with Crippen LogP contribution in [0.25, 0.3) is 22.3 Å². The van der Waals surface area contributed by atoms with Crippen LogP contribution < -0.4 is 5.73 Å². The molecule has 0 radical (unpaired) electrons. The van der Waals surface area contributed by atoms with Crippen molar-refractivity contribution in [1.82, 2.24) is 20.1 Å². The first-order chi connectivity index (χ1) is 13.1. The van der Waals surface area contributed by atoms with Gasteiger partial charge >= 0.3 is 0 Å². The van der Waals surface area contributed by atoms with Gasteiger partial charge in [-0.25, -0.2) is 4.98 Å². The van der Waals surface area contributed by atoms with Crippen molar-refractivity contribution in [3.63, 3.8) is 0 Å². The zero-order chi connectivity index (χ0) is 19.0. The normalized spacial score (nSPS) is 17.4. The Hall–Kier alpha value is -2.93. The van der Waals surface area contributed by atoms with E-state index < -0.39 is 0 Å². The molecule has 1 aliphatic rings. The molecule has 4 N–H and O–H groups in total. The molecule has 3 aromatic rings. The van der Waals surface area contributed by atoms with E-state index in [1.807, 2.05) is 17.9 Å². The fourth-order valence-electron chi connectivity index (χ4n) is 3.74. The van der Waals surface area contributed by atoms with Gasteiger partial charge in [0.15, 0.2) is 5.65 Å². The number of fused-ring (bicyclic) bond motifs is 1. The number of aromatic nitrogens is 3. The largest absolute Gasteiger partial charge is 0.508 e. The summed E-state index contributed by atoms with van der Waals surface area (Å²) in [6, 6.07) is 8.60. The Balaban J connectivity index is 1.79. The lowest BCUT2D eigenvalue weighted by Gasteiger charge is -2.32. The molecule has 2 aromatic heterocycles. The highest BCUT2D eigenvalue weighted by Crippen LogP contribution is 2.28. The number of carbonyl (C=O) groups is 1. The molecule has 1 amide bonds. The summed E-state index contributed by atoms with van der Waals surface area (Å²) in [4.78, 5) is 19.8. The van der Waals surface area contributed by atoms with Gasteiger partial charge in [-0.15, -0.1) is 0 Å². The fraction of sp³-hybridized carbons (Fsp3) is 0.350. The summed E-state index contributed by atoms with van der Waals surface area (Å²) < 4.78 is 0. The minimum atomic E-state index is -0.00919. The van der Waals surface area contributed by atoms with Crippen molar-refractivity contribution in [2.45, 2.75) is 19.8 Å². The second-order valence-electron chi connectivity index (χ2n) is 7.14. The monoisotopic (exact) mass is 365 g/mol. The molecular formula is C20H23N5O2. The minimum Gasteiger partial charge on any atom is -0.508 e. The summed E-state index contributed by atoms with van der Waals surface area (Å²) in [5.74, 6) is 0.528. The number of aromatic hydroxyl groups is 1. The topological polar surface area (TPSA) is 108 Å².